The van der Waals surface area contributed by atoms with Crippen LogP contribution < -0.4 is 10.2 Å². The number of nitrogens with zero attached hydrogens (tertiary/aromatic N) is 3. The Morgan fingerprint density at radius 1 is 1.22 bits per heavy atom. The number of hydrogen-bond donors (Lipinski definition) is 1. The van der Waals surface area contributed by atoms with Gasteiger partial charge in [0, 0.05) is 29.1 Å². The Bertz CT molecular complexity index is 1270. The molecule has 0 saturated heterocycles. The van der Waals surface area contributed by atoms with Gasteiger partial charge in [0.15, 0.2) is 0 Å². The summed E-state index contributed by atoms with van der Waals surface area (Å²) in [4.78, 5) is 36.0. The zero-order chi connectivity index (χ0) is 23.2. The number of halogens is 4. The lowest BCUT2D eigenvalue weighted by molar-refractivity contribution is -0.122. The normalized spacial score (nSPS) is 15.1. The Morgan fingerprint density at radius 2 is 1.97 bits per heavy atom. The van der Waals surface area contributed by atoms with Crippen molar-refractivity contribution in [1.82, 2.24) is 9.97 Å². The van der Waals surface area contributed by atoms with Gasteiger partial charge in [0.05, 0.1) is 28.0 Å². The number of aryl methyl sites for hydroxylation is 1. The zero-order valence-corrected chi connectivity index (χ0v) is 18.4. The molecule has 3 heterocycles. The summed E-state index contributed by atoms with van der Waals surface area (Å²) in [5.74, 6) is -3.61. The number of carbonyl (C=O) groups excluding carboxylic acids is 2. The van der Waals surface area contributed by atoms with E-state index < -0.39 is 40.9 Å². The third-order valence-electron chi connectivity index (χ3n) is 5.11. The molecule has 0 spiro atoms. The number of benzene rings is 1. The molecule has 32 heavy (non-hydrogen) atoms. The van der Waals surface area contributed by atoms with Crippen LogP contribution >= 0.6 is 23.2 Å². The second kappa shape index (κ2) is 8.44. The number of nitrogens with one attached hydrogen (secondary N) is 1. The molecule has 0 radical (unpaired) electrons. The fraction of sp³-hybridized carbons (Fsp3) is 0.182. The van der Waals surface area contributed by atoms with Crippen LogP contribution in [-0.2, 0) is 9.59 Å². The van der Waals surface area contributed by atoms with Crippen molar-refractivity contribution in [1.29, 1.82) is 0 Å². The summed E-state index contributed by atoms with van der Waals surface area (Å²) in [7, 11) is 0. The summed E-state index contributed by atoms with van der Waals surface area (Å²) in [6.07, 6.45) is 1.57. The van der Waals surface area contributed by atoms with Crippen molar-refractivity contribution in [2.75, 3.05) is 16.8 Å². The molecular weight excluding hydrogens is 461 g/mol. The van der Waals surface area contributed by atoms with Gasteiger partial charge in [0.25, 0.3) is 0 Å². The van der Waals surface area contributed by atoms with Crippen molar-refractivity contribution < 1.29 is 18.4 Å². The van der Waals surface area contributed by atoms with E-state index in [2.05, 4.69) is 15.3 Å². The summed E-state index contributed by atoms with van der Waals surface area (Å²) >= 11 is 12.0. The van der Waals surface area contributed by atoms with Crippen LogP contribution in [0.5, 0.6) is 0 Å². The Hall–Kier alpha value is -3.10. The zero-order valence-electron chi connectivity index (χ0n) is 16.9. The highest BCUT2D eigenvalue weighted by molar-refractivity contribution is 6.33. The summed E-state index contributed by atoms with van der Waals surface area (Å²) in [6, 6.07) is 6.68. The van der Waals surface area contributed by atoms with Crippen LogP contribution in [0.3, 0.4) is 0 Å². The molecule has 2 aromatic heterocycles. The number of fused-ring (bicyclic) bond motifs is 3. The summed E-state index contributed by atoms with van der Waals surface area (Å²) in [6.45, 7) is 2.92. The van der Waals surface area contributed by atoms with Crippen molar-refractivity contribution in [3.63, 3.8) is 0 Å². The highest BCUT2D eigenvalue weighted by Gasteiger charge is 2.35. The van der Waals surface area contributed by atoms with Crippen LogP contribution in [0.25, 0.3) is 11.1 Å². The second-order valence-electron chi connectivity index (χ2n) is 7.33. The molecule has 1 N–H and O–H groups in total. The molecule has 1 aliphatic rings. The maximum absolute atomic E-state index is 14.1. The van der Waals surface area contributed by atoms with Crippen molar-refractivity contribution in [2.24, 2.45) is 0 Å². The van der Waals surface area contributed by atoms with E-state index in [1.165, 1.54) is 4.90 Å². The van der Waals surface area contributed by atoms with Gasteiger partial charge in [0.1, 0.15) is 23.3 Å². The van der Waals surface area contributed by atoms with Gasteiger partial charge >= 0.3 is 0 Å². The minimum absolute atomic E-state index is 0.160. The quantitative estimate of drug-likeness (QED) is 0.420. The molecular formula is C22H16Cl2F2N4O2. The number of aromatic nitrogens is 2. The molecule has 1 aromatic carbocycles. The summed E-state index contributed by atoms with van der Waals surface area (Å²) in [5.41, 5.74) is 2.13. The van der Waals surface area contributed by atoms with Gasteiger partial charge in [-0.25, -0.2) is 13.8 Å². The number of hydrogen-bond acceptors (Lipinski definition) is 4. The third-order valence-corrected chi connectivity index (χ3v) is 5.68. The van der Waals surface area contributed by atoms with Crippen molar-refractivity contribution >= 4 is 46.4 Å². The smallest absolute Gasteiger partial charge is 0.244 e. The lowest BCUT2D eigenvalue weighted by Gasteiger charge is -2.25. The Morgan fingerprint density at radius 3 is 2.72 bits per heavy atom. The predicted octanol–water partition coefficient (Wildman–Crippen LogP) is 5.13. The van der Waals surface area contributed by atoms with Crippen LogP contribution in [0.1, 0.15) is 24.2 Å². The van der Waals surface area contributed by atoms with Crippen molar-refractivity contribution in [3.8, 4) is 11.1 Å². The van der Waals surface area contributed by atoms with E-state index in [9.17, 15) is 18.4 Å². The molecule has 2 amide bonds. The van der Waals surface area contributed by atoms with Crippen LogP contribution in [0.2, 0.25) is 10.2 Å². The van der Waals surface area contributed by atoms with E-state index in [1.807, 2.05) is 0 Å². The molecule has 1 aliphatic heterocycles. The molecule has 1 unspecified atom stereocenters. The molecule has 4 rings (SSSR count). The first-order chi connectivity index (χ1) is 15.2. The van der Waals surface area contributed by atoms with Crippen LogP contribution in [-0.4, -0.2) is 28.3 Å². The van der Waals surface area contributed by atoms with Crippen LogP contribution in [0, 0.1) is 18.6 Å². The van der Waals surface area contributed by atoms with Crippen molar-refractivity contribution in [3.05, 3.63) is 69.7 Å². The maximum atomic E-state index is 14.1. The molecule has 164 valence electrons. The fourth-order valence-corrected chi connectivity index (χ4v) is 4.12. The van der Waals surface area contributed by atoms with Gasteiger partial charge in [-0.2, -0.15) is 0 Å². The maximum Gasteiger partial charge on any atom is 0.244 e. The summed E-state index contributed by atoms with van der Waals surface area (Å²) < 4.78 is 27.8. The number of anilines is 2. The Balaban J connectivity index is 1.76. The fourth-order valence-electron chi connectivity index (χ4n) is 3.64. The predicted molar refractivity (Wildman–Crippen MR) is 118 cm³/mol. The highest BCUT2D eigenvalue weighted by atomic mass is 35.5. The summed E-state index contributed by atoms with van der Waals surface area (Å²) in [5, 5.41) is 2.04. The Kier molecular flexibility index (Phi) is 5.83. The lowest BCUT2D eigenvalue weighted by Crippen LogP contribution is -2.40. The molecule has 6 nitrogen and oxygen atoms in total. The first kappa shape index (κ1) is 22.1. The molecule has 0 fully saturated rings. The second-order valence-corrected chi connectivity index (χ2v) is 8.09. The number of amides is 2. The van der Waals surface area contributed by atoms with E-state index in [0.29, 0.717) is 28.2 Å². The molecule has 3 aromatic rings. The third kappa shape index (κ3) is 3.91. The first-order valence-corrected chi connectivity index (χ1v) is 10.3. The molecule has 0 aliphatic carbocycles. The van der Waals surface area contributed by atoms with Gasteiger partial charge in [-0.1, -0.05) is 29.3 Å². The van der Waals surface area contributed by atoms with Gasteiger partial charge < -0.3 is 10.2 Å². The Labute approximate surface area is 192 Å². The average molecular weight is 477 g/mol. The topological polar surface area (TPSA) is 75.2 Å². The number of carbonyl (C=O) groups is 2. The minimum atomic E-state index is -0.902. The molecule has 1 atom stereocenters. The molecule has 0 saturated carbocycles. The highest BCUT2D eigenvalue weighted by Crippen LogP contribution is 2.43. The van der Waals surface area contributed by atoms with Gasteiger partial charge in [-0.05, 0) is 32.0 Å². The molecule has 0 bridgehead atoms. The van der Waals surface area contributed by atoms with Crippen LogP contribution in [0.15, 0.2) is 36.5 Å². The lowest BCUT2D eigenvalue weighted by atomic mass is 9.98. The van der Waals surface area contributed by atoms with Crippen LogP contribution in [0.4, 0.5) is 20.2 Å². The number of pyridine rings is 2. The molecule has 10 heteroatoms. The first-order valence-electron chi connectivity index (χ1n) is 9.55. The largest absolute Gasteiger partial charge is 0.322 e. The van der Waals surface area contributed by atoms with E-state index in [-0.39, 0.29) is 10.8 Å². The minimum Gasteiger partial charge on any atom is -0.322 e. The van der Waals surface area contributed by atoms with E-state index >= 15 is 0 Å². The van der Waals surface area contributed by atoms with E-state index in [1.54, 1.807) is 38.2 Å². The van der Waals surface area contributed by atoms with Gasteiger partial charge in [-0.3, -0.25) is 14.6 Å². The monoisotopic (exact) mass is 476 g/mol. The average Bonchev–Trinajstić information content (AvgIpc) is 2.82. The number of rotatable bonds is 3. The van der Waals surface area contributed by atoms with Gasteiger partial charge in [-0.15, -0.1) is 0 Å². The standard InChI is InChI=1S/C22H16Cl2F2N4O2/c1-10-6-17-19(21(24)28-10)12-4-3-5-27-20(12)11(2)22(32)30(17)9-18(31)29-16-8-14(25)13(23)7-15(16)26/h3-8,11H,9H2,1-2H3,(H,29,31). The van der Waals surface area contributed by atoms with Crippen molar-refractivity contribution in [2.45, 2.75) is 19.8 Å². The SMILES string of the molecule is Cc1cc2c(c(Cl)n1)-c1cccnc1C(C)C(=O)N2CC(=O)Nc1cc(F)c(Cl)cc1F. The van der Waals surface area contributed by atoms with Gasteiger partial charge in [0.2, 0.25) is 11.8 Å². The van der Waals surface area contributed by atoms with E-state index in [0.717, 1.165) is 12.1 Å². The van der Waals surface area contributed by atoms with E-state index in [4.69, 9.17) is 23.2 Å².